The van der Waals surface area contributed by atoms with Crippen molar-refractivity contribution in [1.82, 2.24) is 4.98 Å². The zero-order valence-corrected chi connectivity index (χ0v) is 16.3. The van der Waals surface area contributed by atoms with Crippen molar-refractivity contribution in [3.8, 4) is 0 Å². The Balaban J connectivity index is 2.15. The van der Waals surface area contributed by atoms with Gasteiger partial charge in [0.15, 0.2) is 0 Å². The molecule has 2 atom stereocenters. The number of anilines is 1. The van der Waals surface area contributed by atoms with Crippen molar-refractivity contribution >= 4 is 27.5 Å². The fourth-order valence-electron chi connectivity index (χ4n) is 3.58. The number of amides is 1. The molecule has 1 aliphatic rings. The van der Waals surface area contributed by atoms with Crippen molar-refractivity contribution in [2.75, 3.05) is 5.32 Å². The average molecular weight is 403 g/mol. The highest BCUT2D eigenvalue weighted by molar-refractivity contribution is 9.10. The number of aliphatic hydroxyl groups excluding tert-OH is 1. The smallest absolute Gasteiger partial charge is 0.238 e. The Morgan fingerprint density at radius 3 is 2.76 bits per heavy atom. The second-order valence-corrected chi connectivity index (χ2v) is 8.08. The van der Waals surface area contributed by atoms with Gasteiger partial charge in [0, 0.05) is 22.8 Å². The maximum atomic E-state index is 13.1. The molecular weight excluding hydrogens is 380 g/mol. The Bertz CT molecular complexity index is 806. The lowest BCUT2D eigenvalue weighted by molar-refractivity contribution is -0.125. The summed E-state index contributed by atoms with van der Waals surface area (Å²) in [5.74, 6) is 0.125. The Hall–Kier alpha value is -1.72. The van der Waals surface area contributed by atoms with Crippen LogP contribution in [0, 0.1) is 12.8 Å². The van der Waals surface area contributed by atoms with Gasteiger partial charge >= 0.3 is 0 Å². The van der Waals surface area contributed by atoms with Crippen LogP contribution in [0.4, 0.5) is 5.69 Å². The van der Waals surface area contributed by atoms with Gasteiger partial charge in [-0.2, -0.15) is 0 Å². The maximum Gasteiger partial charge on any atom is 0.238 e. The van der Waals surface area contributed by atoms with Gasteiger partial charge in [0.25, 0.3) is 0 Å². The molecule has 0 saturated heterocycles. The molecule has 2 heterocycles. The molecule has 0 aliphatic carbocycles. The lowest BCUT2D eigenvalue weighted by Crippen LogP contribution is -2.48. The van der Waals surface area contributed by atoms with E-state index in [1.54, 1.807) is 6.20 Å². The Labute approximate surface area is 156 Å². The third-order valence-electron chi connectivity index (χ3n) is 4.85. The molecule has 0 saturated carbocycles. The minimum atomic E-state index is -1.03. The highest BCUT2D eigenvalue weighted by atomic mass is 79.9. The van der Waals surface area contributed by atoms with Crippen LogP contribution in [-0.4, -0.2) is 22.1 Å². The van der Waals surface area contributed by atoms with Crippen LogP contribution in [0.2, 0.25) is 0 Å². The van der Waals surface area contributed by atoms with Crippen LogP contribution in [0.1, 0.15) is 37.1 Å². The summed E-state index contributed by atoms with van der Waals surface area (Å²) in [5.41, 5.74) is 2.46. The summed E-state index contributed by atoms with van der Waals surface area (Å²) in [7, 11) is 0. The fourth-order valence-corrected chi connectivity index (χ4v) is 3.97. The van der Waals surface area contributed by atoms with E-state index in [-0.39, 0.29) is 11.8 Å². The van der Waals surface area contributed by atoms with E-state index in [1.165, 1.54) is 0 Å². The highest BCUT2D eigenvalue weighted by Crippen LogP contribution is 2.45. The van der Waals surface area contributed by atoms with Gasteiger partial charge in [0.1, 0.15) is 5.41 Å². The molecule has 4 nitrogen and oxygen atoms in total. The third kappa shape index (κ3) is 3.23. The number of carbonyl (C=O) groups excluding carboxylic acids is 1. The minimum absolute atomic E-state index is 0.154. The summed E-state index contributed by atoms with van der Waals surface area (Å²) < 4.78 is 0.847. The number of halogens is 1. The van der Waals surface area contributed by atoms with Gasteiger partial charge < -0.3 is 10.4 Å². The molecule has 1 aromatic heterocycles. The van der Waals surface area contributed by atoms with Crippen molar-refractivity contribution in [3.63, 3.8) is 0 Å². The van der Waals surface area contributed by atoms with Crippen molar-refractivity contribution in [2.45, 2.75) is 45.1 Å². The number of aromatic nitrogens is 1. The van der Waals surface area contributed by atoms with Crippen molar-refractivity contribution < 1.29 is 9.90 Å². The minimum Gasteiger partial charge on any atom is -0.392 e. The first-order valence-corrected chi connectivity index (χ1v) is 9.34. The van der Waals surface area contributed by atoms with Crippen LogP contribution in [0.5, 0.6) is 0 Å². The number of carbonyl (C=O) groups is 1. The van der Waals surface area contributed by atoms with Crippen molar-refractivity contribution in [1.29, 1.82) is 0 Å². The van der Waals surface area contributed by atoms with E-state index in [1.807, 2.05) is 37.3 Å². The van der Waals surface area contributed by atoms with Crippen LogP contribution in [0.25, 0.3) is 0 Å². The van der Waals surface area contributed by atoms with Gasteiger partial charge in [-0.25, -0.2) is 0 Å². The predicted molar refractivity (Wildman–Crippen MR) is 103 cm³/mol. The number of pyridine rings is 1. The number of hydrogen-bond donors (Lipinski definition) is 2. The average Bonchev–Trinajstić information content (AvgIpc) is 2.82. The molecule has 5 heteroatoms. The van der Waals surface area contributed by atoms with Crippen LogP contribution in [-0.2, 0) is 16.6 Å². The molecule has 132 valence electrons. The van der Waals surface area contributed by atoms with Crippen LogP contribution in [0.3, 0.4) is 0 Å². The first-order chi connectivity index (χ1) is 11.8. The summed E-state index contributed by atoms with van der Waals surface area (Å²) in [6, 6.07) is 9.65. The lowest BCUT2D eigenvalue weighted by atomic mass is 9.70. The molecular formula is C20H23BrN2O2. The Morgan fingerprint density at radius 2 is 2.08 bits per heavy atom. The van der Waals surface area contributed by atoms with Gasteiger partial charge in [-0.15, -0.1) is 0 Å². The Kier molecular flexibility index (Phi) is 4.98. The van der Waals surface area contributed by atoms with Gasteiger partial charge in [-0.1, -0.05) is 31.5 Å². The molecule has 2 aromatic rings. The highest BCUT2D eigenvalue weighted by Gasteiger charge is 2.52. The molecule has 0 radical (unpaired) electrons. The fraction of sp³-hybridized carbons (Fsp3) is 0.400. The zero-order chi connectivity index (χ0) is 18.2. The second kappa shape index (κ2) is 6.89. The first kappa shape index (κ1) is 18.1. The lowest BCUT2D eigenvalue weighted by Gasteiger charge is -2.34. The van der Waals surface area contributed by atoms with E-state index in [2.05, 4.69) is 40.1 Å². The number of nitrogens with one attached hydrogen (secondary N) is 1. The predicted octanol–water partition coefficient (Wildman–Crippen LogP) is 3.99. The number of nitrogens with zero attached hydrogens (tertiary/aromatic N) is 1. The van der Waals surface area contributed by atoms with E-state index in [0.717, 1.165) is 27.0 Å². The molecule has 3 rings (SSSR count). The summed E-state index contributed by atoms with van der Waals surface area (Å²) in [4.78, 5) is 17.5. The van der Waals surface area contributed by atoms with E-state index >= 15 is 0 Å². The third-order valence-corrected chi connectivity index (χ3v) is 5.58. The number of hydrogen-bond acceptors (Lipinski definition) is 3. The molecule has 2 N–H and O–H groups in total. The van der Waals surface area contributed by atoms with Gasteiger partial charge in [0.2, 0.25) is 5.91 Å². The largest absolute Gasteiger partial charge is 0.392 e. The van der Waals surface area contributed by atoms with Crippen LogP contribution >= 0.6 is 15.9 Å². The van der Waals surface area contributed by atoms with Crippen LogP contribution < -0.4 is 5.32 Å². The normalized spacial score (nSPS) is 20.5. The van der Waals surface area contributed by atoms with E-state index in [0.29, 0.717) is 12.8 Å². The van der Waals surface area contributed by atoms with Gasteiger partial charge in [0.05, 0.1) is 11.8 Å². The van der Waals surface area contributed by atoms with Crippen molar-refractivity contribution in [2.24, 2.45) is 5.92 Å². The topological polar surface area (TPSA) is 62.2 Å². The van der Waals surface area contributed by atoms with E-state index in [9.17, 15) is 9.90 Å². The SMILES string of the molecule is Cc1ccc2c(c1)C(Cc1ncccc1Br)(C(O)CC(C)C)C(=O)N2. The summed E-state index contributed by atoms with van der Waals surface area (Å²) in [6.07, 6.45) is 1.83. The quantitative estimate of drug-likeness (QED) is 0.794. The summed E-state index contributed by atoms with van der Waals surface area (Å²) in [5, 5.41) is 14.1. The summed E-state index contributed by atoms with van der Waals surface area (Å²) >= 11 is 3.53. The maximum absolute atomic E-state index is 13.1. The number of rotatable bonds is 5. The number of aryl methyl sites for hydroxylation is 1. The van der Waals surface area contributed by atoms with Crippen molar-refractivity contribution in [3.05, 3.63) is 57.8 Å². The molecule has 0 spiro atoms. The molecule has 2 unspecified atom stereocenters. The number of aliphatic hydroxyl groups is 1. The standard InChI is InChI=1S/C20H23BrN2O2/c1-12(2)9-18(24)20(11-17-15(21)5-4-8-22-17)14-10-13(3)6-7-16(14)23-19(20)25/h4-8,10,12,18,24H,9,11H2,1-3H3,(H,23,25). The monoisotopic (exact) mass is 402 g/mol. The molecule has 1 aliphatic heterocycles. The van der Waals surface area contributed by atoms with Crippen LogP contribution in [0.15, 0.2) is 41.0 Å². The van der Waals surface area contributed by atoms with E-state index in [4.69, 9.17) is 0 Å². The molecule has 1 amide bonds. The Morgan fingerprint density at radius 1 is 1.32 bits per heavy atom. The molecule has 0 bridgehead atoms. The van der Waals surface area contributed by atoms with E-state index < -0.39 is 11.5 Å². The summed E-state index contributed by atoms with van der Waals surface area (Å²) in [6.45, 7) is 6.11. The zero-order valence-electron chi connectivity index (χ0n) is 14.7. The second-order valence-electron chi connectivity index (χ2n) is 7.23. The molecule has 1 aromatic carbocycles. The molecule has 25 heavy (non-hydrogen) atoms. The molecule has 0 fully saturated rings. The van der Waals surface area contributed by atoms with Gasteiger partial charge in [-0.05, 0) is 59.0 Å². The number of fused-ring (bicyclic) bond motifs is 1. The first-order valence-electron chi connectivity index (χ1n) is 8.54. The van der Waals surface area contributed by atoms with Gasteiger partial charge in [-0.3, -0.25) is 9.78 Å². The number of benzene rings is 1.